The largest absolute Gasteiger partial charge is 0.382 e. The van der Waals surface area contributed by atoms with Gasteiger partial charge in [0.1, 0.15) is 5.02 Å². The Hall–Kier alpha value is -1.81. The van der Waals surface area contributed by atoms with Crippen LogP contribution in [0.3, 0.4) is 0 Å². The van der Waals surface area contributed by atoms with E-state index in [9.17, 15) is 4.79 Å². The zero-order chi connectivity index (χ0) is 14.0. The number of hydrogen-bond donors (Lipinski definition) is 2. The minimum absolute atomic E-state index is 0.176. The lowest BCUT2D eigenvalue weighted by molar-refractivity contribution is 0.538. The zero-order valence-corrected chi connectivity index (χ0v) is 11.8. The van der Waals surface area contributed by atoms with E-state index in [1.54, 1.807) is 6.20 Å². The minimum Gasteiger partial charge on any atom is -0.382 e. The maximum atomic E-state index is 11.4. The molecule has 0 spiro atoms. The third-order valence-corrected chi connectivity index (χ3v) is 4.20. The molecule has 1 fully saturated rings. The lowest BCUT2D eigenvalue weighted by atomic mass is 9.96. The Kier molecular flexibility index (Phi) is 3.49. The predicted octanol–water partition coefficient (Wildman–Crippen LogP) is 2.86. The number of benzene rings is 1. The lowest BCUT2D eigenvalue weighted by Gasteiger charge is -2.17. The number of aromatic nitrogens is 2. The van der Waals surface area contributed by atoms with Crippen molar-refractivity contribution in [3.8, 4) is 0 Å². The molecule has 0 unspecified atom stereocenters. The first-order valence-electron chi connectivity index (χ1n) is 6.70. The molecule has 1 aliphatic rings. The molecule has 3 rings (SSSR count). The number of hydrogen-bond acceptors (Lipinski definition) is 3. The molecule has 1 aromatic carbocycles. The molecule has 4 nitrogen and oxygen atoms in total. The van der Waals surface area contributed by atoms with Gasteiger partial charge in [0, 0.05) is 6.54 Å². The van der Waals surface area contributed by atoms with Crippen molar-refractivity contribution < 1.29 is 0 Å². The Bertz CT molecular complexity index is 650. The van der Waals surface area contributed by atoms with Crippen LogP contribution in [0.2, 0.25) is 5.02 Å². The number of rotatable bonds is 5. The predicted molar refractivity (Wildman–Crippen MR) is 80.2 cm³/mol. The molecule has 0 saturated heterocycles. The highest BCUT2D eigenvalue weighted by atomic mass is 35.5. The van der Waals surface area contributed by atoms with Crippen LogP contribution >= 0.6 is 11.6 Å². The van der Waals surface area contributed by atoms with E-state index in [0.29, 0.717) is 5.69 Å². The Morgan fingerprint density at radius 3 is 2.75 bits per heavy atom. The molecular weight excluding hydrogens is 274 g/mol. The van der Waals surface area contributed by atoms with Gasteiger partial charge in [-0.3, -0.25) is 4.79 Å². The molecule has 0 bridgehead atoms. The van der Waals surface area contributed by atoms with Gasteiger partial charge in [-0.15, -0.1) is 0 Å². The Morgan fingerprint density at radius 2 is 2.05 bits per heavy atom. The number of nitrogens with zero attached hydrogens (tertiary/aromatic N) is 1. The van der Waals surface area contributed by atoms with Crippen LogP contribution in [0, 0.1) is 5.41 Å². The molecule has 0 aliphatic heterocycles. The van der Waals surface area contributed by atoms with Crippen LogP contribution in [0.25, 0.3) is 0 Å². The Morgan fingerprint density at radius 1 is 1.30 bits per heavy atom. The summed E-state index contributed by atoms with van der Waals surface area (Å²) in [6.07, 6.45) is 5.00. The lowest BCUT2D eigenvalue weighted by Crippen LogP contribution is -2.20. The van der Waals surface area contributed by atoms with Crippen LogP contribution in [-0.4, -0.2) is 16.7 Å². The van der Waals surface area contributed by atoms with Gasteiger partial charge in [-0.05, 0) is 30.2 Å². The van der Waals surface area contributed by atoms with Crippen molar-refractivity contribution in [3.05, 3.63) is 57.5 Å². The molecule has 5 heteroatoms. The fraction of sp³-hybridized carbons (Fsp3) is 0.333. The summed E-state index contributed by atoms with van der Waals surface area (Å²) in [6, 6.07) is 10.5. The van der Waals surface area contributed by atoms with Gasteiger partial charge in [0.05, 0.1) is 11.9 Å². The van der Waals surface area contributed by atoms with Crippen LogP contribution < -0.4 is 10.9 Å². The normalized spacial score (nSPS) is 15.8. The topological polar surface area (TPSA) is 57.8 Å². The number of aromatic amines is 1. The van der Waals surface area contributed by atoms with Crippen molar-refractivity contribution in [3.63, 3.8) is 0 Å². The molecule has 2 aromatic rings. The third-order valence-electron chi connectivity index (χ3n) is 3.83. The van der Waals surface area contributed by atoms with E-state index in [4.69, 9.17) is 11.6 Å². The summed E-state index contributed by atoms with van der Waals surface area (Å²) >= 11 is 5.96. The van der Waals surface area contributed by atoms with Crippen LogP contribution in [0.4, 0.5) is 5.69 Å². The second-order valence-corrected chi connectivity index (χ2v) is 5.82. The van der Waals surface area contributed by atoms with Crippen molar-refractivity contribution >= 4 is 17.3 Å². The van der Waals surface area contributed by atoms with Gasteiger partial charge in [0.2, 0.25) is 0 Å². The number of halogens is 1. The Labute approximate surface area is 122 Å². The first-order valence-corrected chi connectivity index (χ1v) is 7.07. The Balaban J connectivity index is 1.66. The summed E-state index contributed by atoms with van der Waals surface area (Å²) in [4.78, 5) is 11.4. The van der Waals surface area contributed by atoms with Gasteiger partial charge in [-0.25, -0.2) is 5.10 Å². The number of nitrogens with one attached hydrogen (secondary N) is 2. The molecular formula is C15H16ClN3O. The van der Waals surface area contributed by atoms with Crippen LogP contribution in [0.5, 0.6) is 0 Å². The highest BCUT2D eigenvalue weighted by Crippen LogP contribution is 2.48. The van der Waals surface area contributed by atoms with Crippen molar-refractivity contribution in [2.45, 2.75) is 19.3 Å². The van der Waals surface area contributed by atoms with Gasteiger partial charge in [0.25, 0.3) is 5.56 Å². The van der Waals surface area contributed by atoms with Gasteiger partial charge in [-0.2, -0.15) is 5.10 Å². The molecule has 0 atom stereocenters. The monoisotopic (exact) mass is 289 g/mol. The molecule has 2 N–H and O–H groups in total. The van der Waals surface area contributed by atoms with E-state index in [1.165, 1.54) is 18.4 Å². The van der Waals surface area contributed by atoms with Crippen molar-refractivity contribution in [2.75, 3.05) is 11.9 Å². The fourth-order valence-corrected chi connectivity index (χ4v) is 2.57. The fourth-order valence-electron chi connectivity index (χ4n) is 2.41. The molecule has 1 heterocycles. The summed E-state index contributed by atoms with van der Waals surface area (Å²) < 4.78 is 0. The van der Waals surface area contributed by atoms with E-state index in [0.717, 1.165) is 13.0 Å². The molecule has 1 aromatic heterocycles. The van der Waals surface area contributed by atoms with E-state index in [2.05, 4.69) is 39.8 Å². The SMILES string of the molecule is O=c1[nH]ncc(NCC2(Cc3ccccc3)CC2)c1Cl. The highest BCUT2D eigenvalue weighted by molar-refractivity contribution is 6.32. The number of anilines is 1. The van der Waals surface area contributed by atoms with Gasteiger partial charge in [0.15, 0.2) is 0 Å². The van der Waals surface area contributed by atoms with Crippen LogP contribution in [-0.2, 0) is 6.42 Å². The minimum atomic E-state index is -0.357. The van der Waals surface area contributed by atoms with Gasteiger partial charge >= 0.3 is 0 Å². The second kappa shape index (κ2) is 5.29. The zero-order valence-electron chi connectivity index (χ0n) is 11.0. The molecule has 104 valence electrons. The standard InChI is InChI=1S/C15H16ClN3O/c16-13-12(9-18-19-14(13)20)17-10-15(6-7-15)8-11-4-2-1-3-5-11/h1-5,9H,6-8,10H2,(H2,17,19,20). The van der Waals surface area contributed by atoms with Gasteiger partial charge < -0.3 is 5.32 Å². The first-order chi connectivity index (χ1) is 9.69. The first kappa shape index (κ1) is 13.2. The average Bonchev–Trinajstić information content (AvgIpc) is 3.22. The summed E-state index contributed by atoms with van der Waals surface area (Å²) in [6.45, 7) is 0.812. The van der Waals surface area contributed by atoms with Crippen molar-refractivity contribution in [2.24, 2.45) is 5.41 Å². The van der Waals surface area contributed by atoms with Crippen LogP contribution in [0.1, 0.15) is 18.4 Å². The summed E-state index contributed by atoms with van der Waals surface area (Å²) in [5, 5.41) is 9.52. The number of H-pyrrole nitrogens is 1. The van der Waals surface area contributed by atoms with E-state index < -0.39 is 0 Å². The molecule has 0 radical (unpaired) electrons. The molecule has 1 aliphatic carbocycles. The smallest absolute Gasteiger partial charge is 0.285 e. The van der Waals surface area contributed by atoms with E-state index in [1.807, 2.05) is 6.07 Å². The summed E-state index contributed by atoms with van der Waals surface area (Å²) in [7, 11) is 0. The third kappa shape index (κ3) is 2.85. The van der Waals surface area contributed by atoms with Crippen molar-refractivity contribution in [1.82, 2.24) is 10.2 Å². The van der Waals surface area contributed by atoms with Crippen LogP contribution in [0.15, 0.2) is 41.3 Å². The van der Waals surface area contributed by atoms with Crippen molar-refractivity contribution in [1.29, 1.82) is 0 Å². The molecule has 1 saturated carbocycles. The maximum absolute atomic E-state index is 11.4. The maximum Gasteiger partial charge on any atom is 0.285 e. The van der Waals surface area contributed by atoms with E-state index in [-0.39, 0.29) is 16.0 Å². The molecule has 20 heavy (non-hydrogen) atoms. The quantitative estimate of drug-likeness (QED) is 0.890. The summed E-state index contributed by atoms with van der Waals surface area (Å²) in [5.41, 5.74) is 1.88. The van der Waals surface area contributed by atoms with Gasteiger partial charge in [-0.1, -0.05) is 41.9 Å². The van der Waals surface area contributed by atoms with E-state index >= 15 is 0 Å². The average molecular weight is 290 g/mol. The highest BCUT2D eigenvalue weighted by Gasteiger charge is 2.42. The summed E-state index contributed by atoms with van der Waals surface area (Å²) in [5.74, 6) is 0. The second-order valence-electron chi connectivity index (χ2n) is 5.44. The molecule has 0 amide bonds.